The van der Waals surface area contributed by atoms with Gasteiger partial charge in [0, 0.05) is 19.5 Å². The zero-order valence-corrected chi connectivity index (χ0v) is 17.2. The molecule has 0 bridgehead atoms. The number of benzene rings is 1. The van der Waals surface area contributed by atoms with Crippen molar-refractivity contribution in [1.82, 2.24) is 15.5 Å². The lowest BCUT2D eigenvalue weighted by Crippen LogP contribution is -2.50. The second-order valence-corrected chi connectivity index (χ2v) is 8.31. The van der Waals surface area contributed by atoms with E-state index in [0.717, 1.165) is 38.6 Å². The molecule has 1 aliphatic heterocycles. The van der Waals surface area contributed by atoms with Crippen LogP contribution in [0.25, 0.3) is 0 Å². The molecule has 0 radical (unpaired) electrons. The largest absolute Gasteiger partial charge is 0.347 e. The van der Waals surface area contributed by atoms with Crippen LogP contribution in [0.15, 0.2) is 30.3 Å². The Morgan fingerprint density at radius 2 is 1.69 bits per heavy atom. The van der Waals surface area contributed by atoms with Crippen molar-refractivity contribution in [1.29, 1.82) is 0 Å². The highest BCUT2D eigenvalue weighted by Crippen LogP contribution is 2.27. The van der Waals surface area contributed by atoms with Gasteiger partial charge in [-0.2, -0.15) is 0 Å². The second-order valence-electron chi connectivity index (χ2n) is 8.31. The molecule has 0 spiro atoms. The van der Waals surface area contributed by atoms with E-state index in [2.05, 4.69) is 22.8 Å². The van der Waals surface area contributed by atoms with Gasteiger partial charge in [0.25, 0.3) is 0 Å². The van der Waals surface area contributed by atoms with Gasteiger partial charge in [-0.15, -0.1) is 0 Å². The van der Waals surface area contributed by atoms with Crippen molar-refractivity contribution in [3.63, 3.8) is 0 Å². The molecule has 1 saturated carbocycles. The molecule has 2 fully saturated rings. The molecule has 1 saturated heterocycles. The Balaban J connectivity index is 1.43. The number of hydrogen-bond donors (Lipinski definition) is 2. The Hall–Kier alpha value is -2.37. The number of nitrogens with zero attached hydrogens (tertiary/aromatic N) is 1. The van der Waals surface area contributed by atoms with E-state index < -0.39 is 6.04 Å². The average Bonchev–Trinajstić information content (AvgIpc) is 3.17. The molecule has 6 nitrogen and oxygen atoms in total. The minimum Gasteiger partial charge on any atom is -0.347 e. The first-order valence-electron chi connectivity index (χ1n) is 11.0. The van der Waals surface area contributed by atoms with Crippen molar-refractivity contribution in [3.8, 4) is 0 Å². The van der Waals surface area contributed by atoms with Gasteiger partial charge in [0.1, 0.15) is 6.04 Å². The fourth-order valence-corrected chi connectivity index (χ4v) is 4.34. The Morgan fingerprint density at radius 3 is 2.45 bits per heavy atom. The SMILES string of the molecule is O=C(CC1CCCC1)NCC(=O)NC1CCCCN(CCc2ccccc2)C1=O. The highest BCUT2D eigenvalue weighted by Gasteiger charge is 2.28. The van der Waals surface area contributed by atoms with E-state index in [9.17, 15) is 14.4 Å². The average molecular weight is 400 g/mol. The molecule has 1 aliphatic carbocycles. The van der Waals surface area contributed by atoms with Crippen LogP contribution in [-0.4, -0.2) is 48.3 Å². The number of carbonyl (C=O) groups excluding carboxylic acids is 3. The van der Waals surface area contributed by atoms with Gasteiger partial charge in [0.15, 0.2) is 0 Å². The minimum atomic E-state index is -0.493. The summed E-state index contributed by atoms with van der Waals surface area (Å²) in [5, 5.41) is 5.55. The summed E-state index contributed by atoms with van der Waals surface area (Å²) < 4.78 is 0. The Morgan fingerprint density at radius 1 is 0.966 bits per heavy atom. The summed E-state index contributed by atoms with van der Waals surface area (Å²) in [7, 11) is 0. The van der Waals surface area contributed by atoms with Crippen molar-refractivity contribution in [3.05, 3.63) is 35.9 Å². The second kappa shape index (κ2) is 11.0. The van der Waals surface area contributed by atoms with Gasteiger partial charge in [0.05, 0.1) is 6.54 Å². The maximum atomic E-state index is 12.9. The number of nitrogens with one attached hydrogen (secondary N) is 2. The molecule has 0 aromatic heterocycles. The van der Waals surface area contributed by atoms with Crippen molar-refractivity contribution >= 4 is 17.7 Å². The standard InChI is InChI=1S/C23H33N3O3/c27-21(16-19-10-4-5-11-19)24-17-22(28)25-20-12-6-7-14-26(23(20)29)15-13-18-8-2-1-3-9-18/h1-3,8-9,19-20H,4-7,10-17H2,(H,24,27)(H,25,28). The normalized spacial score (nSPS) is 20.3. The Labute approximate surface area is 173 Å². The third-order valence-corrected chi connectivity index (χ3v) is 6.02. The van der Waals surface area contributed by atoms with Gasteiger partial charge in [-0.25, -0.2) is 0 Å². The molecule has 29 heavy (non-hydrogen) atoms. The van der Waals surface area contributed by atoms with Crippen LogP contribution in [0.4, 0.5) is 0 Å². The first kappa shape index (κ1) is 21.3. The van der Waals surface area contributed by atoms with E-state index in [0.29, 0.717) is 25.3 Å². The van der Waals surface area contributed by atoms with Crippen molar-refractivity contribution in [2.75, 3.05) is 19.6 Å². The van der Waals surface area contributed by atoms with Gasteiger partial charge in [-0.05, 0) is 50.0 Å². The zero-order valence-electron chi connectivity index (χ0n) is 17.2. The highest BCUT2D eigenvalue weighted by molar-refractivity contribution is 5.90. The fourth-order valence-electron chi connectivity index (χ4n) is 4.34. The summed E-state index contributed by atoms with van der Waals surface area (Å²) in [6.07, 6.45) is 8.43. The Kier molecular flexibility index (Phi) is 8.08. The summed E-state index contributed by atoms with van der Waals surface area (Å²) in [5.74, 6) is 0.0977. The monoisotopic (exact) mass is 399 g/mol. The predicted octanol–water partition coefficient (Wildman–Crippen LogP) is 2.42. The molecule has 3 rings (SSSR count). The maximum Gasteiger partial charge on any atom is 0.245 e. The topological polar surface area (TPSA) is 78.5 Å². The Bertz CT molecular complexity index is 686. The molecule has 2 aliphatic rings. The number of amides is 3. The van der Waals surface area contributed by atoms with Crippen LogP contribution in [0.5, 0.6) is 0 Å². The number of hydrogen-bond acceptors (Lipinski definition) is 3. The van der Waals surface area contributed by atoms with Gasteiger partial charge in [-0.3, -0.25) is 14.4 Å². The third-order valence-electron chi connectivity index (χ3n) is 6.02. The maximum absolute atomic E-state index is 12.9. The smallest absolute Gasteiger partial charge is 0.245 e. The molecule has 1 aromatic carbocycles. The van der Waals surface area contributed by atoms with Gasteiger partial charge in [-0.1, -0.05) is 43.2 Å². The summed E-state index contributed by atoms with van der Waals surface area (Å²) >= 11 is 0. The molecule has 1 unspecified atom stereocenters. The molecular formula is C23H33N3O3. The summed E-state index contributed by atoms with van der Waals surface area (Å²) in [6.45, 7) is 1.34. The van der Waals surface area contributed by atoms with Crippen LogP contribution in [-0.2, 0) is 20.8 Å². The molecule has 1 heterocycles. The van der Waals surface area contributed by atoms with Crippen LogP contribution in [0, 0.1) is 5.92 Å². The van der Waals surface area contributed by atoms with Crippen LogP contribution in [0.2, 0.25) is 0 Å². The highest BCUT2D eigenvalue weighted by atomic mass is 16.2. The van der Waals surface area contributed by atoms with Crippen molar-refractivity contribution in [2.45, 2.75) is 63.8 Å². The first-order valence-corrected chi connectivity index (χ1v) is 11.0. The molecule has 1 atom stereocenters. The van der Waals surface area contributed by atoms with Crippen LogP contribution in [0.3, 0.4) is 0 Å². The van der Waals surface area contributed by atoms with Gasteiger partial charge in [0.2, 0.25) is 17.7 Å². The third kappa shape index (κ3) is 6.87. The van der Waals surface area contributed by atoms with E-state index in [4.69, 9.17) is 0 Å². The van der Waals surface area contributed by atoms with Crippen LogP contribution >= 0.6 is 0 Å². The fraction of sp³-hybridized carbons (Fsp3) is 0.609. The quantitative estimate of drug-likeness (QED) is 0.705. The van der Waals surface area contributed by atoms with E-state index in [1.165, 1.54) is 18.4 Å². The molecule has 2 N–H and O–H groups in total. The minimum absolute atomic E-state index is 0.0101. The van der Waals surface area contributed by atoms with Crippen molar-refractivity contribution in [2.24, 2.45) is 5.92 Å². The van der Waals surface area contributed by atoms with E-state index >= 15 is 0 Å². The van der Waals surface area contributed by atoms with Gasteiger partial charge < -0.3 is 15.5 Å². The van der Waals surface area contributed by atoms with E-state index in [1.807, 2.05) is 23.1 Å². The van der Waals surface area contributed by atoms with E-state index in [1.54, 1.807) is 0 Å². The van der Waals surface area contributed by atoms with Crippen LogP contribution in [0.1, 0.15) is 56.9 Å². The summed E-state index contributed by atoms with van der Waals surface area (Å²) in [4.78, 5) is 39.1. The number of likely N-dealkylation sites (tertiary alicyclic amines) is 1. The first-order chi connectivity index (χ1) is 14.1. The lowest BCUT2D eigenvalue weighted by molar-refractivity contribution is -0.136. The molecule has 3 amide bonds. The molecule has 1 aromatic rings. The number of carbonyl (C=O) groups is 3. The number of rotatable bonds is 8. The lowest BCUT2D eigenvalue weighted by Gasteiger charge is -2.25. The lowest BCUT2D eigenvalue weighted by atomic mass is 10.0. The van der Waals surface area contributed by atoms with Crippen molar-refractivity contribution < 1.29 is 14.4 Å². The van der Waals surface area contributed by atoms with Crippen LogP contribution < -0.4 is 10.6 Å². The summed E-state index contributed by atoms with van der Waals surface area (Å²) in [6, 6.07) is 9.63. The molecule has 6 heteroatoms. The summed E-state index contributed by atoms with van der Waals surface area (Å²) in [5.41, 5.74) is 1.20. The van der Waals surface area contributed by atoms with E-state index in [-0.39, 0.29) is 24.3 Å². The van der Waals surface area contributed by atoms with Gasteiger partial charge >= 0.3 is 0 Å². The predicted molar refractivity (Wildman–Crippen MR) is 112 cm³/mol. The molecule has 158 valence electrons. The zero-order chi connectivity index (χ0) is 20.5. The molecular weight excluding hydrogens is 366 g/mol.